The van der Waals surface area contributed by atoms with Crippen LogP contribution in [-0.2, 0) is 11.2 Å². The highest BCUT2D eigenvalue weighted by molar-refractivity contribution is 5.98. The maximum absolute atomic E-state index is 13.0. The van der Waals surface area contributed by atoms with Crippen molar-refractivity contribution in [1.29, 1.82) is 0 Å². The van der Waals surface area contributed by atoms with Gasteiger partial charge in [-0.1, -0.05) is 12.1 Å². The third kappa shape index (κ3) is 3.50. The normalized spacial score (nSPS) is 17.9. The number of fused-ring (bicyclic) bond motifs is 2. The van der Waals surface area contributed by atoms with Crippen LogP contribution in [-0.4, -0.2) is 57.2 Å². The predicted molar refractivity (Wildman–Crippen MR) is 126 cm³/mol. The number of aromatic hydroxyl groups is 1. The van der Waals surface area contributed by atoms with E-state index < -0.39 is 0 Å². The van der Waals surface area contributed by atoms with Crippen molar-refractivity contribution in [3.63, 3.8) is 0 Å². The fourth-order valence-electron chi connectivity index (χ4n) is 4.79. The Labute approximate surface area is 190 Å². The van der Waals surface area contributed by atoms with Crippen LogP contribution in [0, 0.1) is 0 Å². The standard InChI is InChI=1S/C26H24N4O3/c31-24-4-2-16(12-21(24)26(32)30-7-9-33-10-8-30)19-13-20-22(15-29-25(20)28-14-19)17-1-3-23-18(11-17)5-6-27-23/h1-6,12-15,17,27,31H,7-11H2,(H,28,29). The molecule has 1 saturated heterocycles. The van der Waals surface area contributed by atoms with Crippen LogP contribution in [0.3, 0.4) is 0 Å². The molecule has 1 unspecified atom stereocenters. The van der Waals surface area contributed by atoms with Crippen LogP contribution in [0.1, 0.15) is 33.1 Å². The molecule has 4 aromatic rings. The Morgan fingerprint density at radius 1 is 1.12 bits per heavy atom. The van der Waals surface area contributed by atoms with E-state index in [9.17, 15) is 9.90 Å². The van der Waals surface area contributed by atoms with Gasteiger partial charge >= 0.3 is 0 Å². The molecule has 1 amide bonds. The third-order valence-electron chi connectivity index (χ3n) is 6.63. The number of hydrogen-bond acceptors (Lipinski definition) is 4. The van der Waals surface area contributed by atoms with E-state index in [1.165, 1.54) is 16.8 Å². The number of aromatic amines is 2. The lowest BCUT2D eigenvalue weighted by Crippen LogP contribution is -2.40. The number of aromatic nitrogens is 3. The second-order valence-electron chi connectivity index (χ2n) is 8.59. The quantitative estimate of drug-likeness (QED) is 0.447. The molecule has 1 aliphatic heterocycles. The fraction of sp³-hybridized carbons (Fsp3) is 0.231. The SMILES string of the molecule is O=C(c1cc(-c2cnc3[nH]cc(C4C=Cc5[nH]ccc5C4)c3c2)ccc1O)N1CCOCC1. The lowest BCUT2D eigenvalue weighted by molar-refractivity contribution is 0.0301. The van der Waals surface area contributed by atoms with Crippen LogP contribution >= 0.6 is 0 Å². The van der Waals surface area contributed by atoms with Crippen molar-refractivity contribution in [3.05, 3.63) is 77.4 Å². The Morgan fingerprint density at radius 3 is 2.88 bits per heavy atom. The molecule has 1 fully saturated rings. The molecule has 1 aliphatic carbocycles. The second kappa shape index (κ2) is 7.94. The van der Waals surface area contributed by atoms with Crippen LogP contribution in [0.15, 0.2) is 55.0 Å². The molecule has 0 bridgehead atoms. The number of amides is 1. The summed E-state index contributed by atoms with van der Waals surface area (Å²) in [4.78, 5) is 25.9. The van der Waals surface area contributed by atoms with Crippen molar-refractivity contribution in [2.75, 3.05) is 26.3 Å². The van der Waals surface area contributed by atoms with Crippen LogP contribution in [0.4, 0.5) is 0 Å². The van der Waals surface area contributed by atoms with Gasteiger partial charge in [-0.15, -0.1) is 0 Å². The number of phenolic OH excluding ortho intramolecular Hbond substituents is 1. The number of benzene rings is 1. The summed E-state index contributed by atoms with van der Waals surface area (Å²) in [7, 11) is 0. The Balaban J connectivity index is 1.35. The lowest BCUT2D eigenvalue weighted by atomic mass is 9.87. The molecule has 1 atom stereocenters. The average molecular weight is 441 g/mol. The molecule has 7 heteroatoms. The van der Waals surface area contributed by atoms with Gasteiger partial charge in [0, 0.05) is 54.2 Å². The number of hydrogen-bond donors (Lipinski definition) is 3. The highest BCUT2D eigenvalue weighted by atomic mass is 16.5. The van der Waals surface area contributed by atoms with Crippen molar-refractivity contribution in [1.82, 2.24) is 19.9 Å². The van der Waals surface area contributed by atoms with E-state index in [4.69, 9.17) is 4.74 Å². The van der Waals surface area contributed by atoms with Crippen molar-refractivity contribution in [3.8, 4) is 16.9 Å². The summed E-state index contributed by atoms with van der Waals surface area (Å²) in [6.45, 7) is 2.09. The highest BCUT2D eigenvalue weighted by Crippen LogP contribution is 2.35. The highest BCUT2D eigenvalue weighted by Gasteiger charge is 2.23. The maximum atomic E-state index is 13.0. The summed E-state index contributed by atoms with van der Waals surface area (Å²) in [5.74, 6) is 0.0716. The van der Waals surface area contributed by atoms with Gasteiger partial charge in [0.15, 0.2) is 0 Å². The molecule has 4 heterocycles. The first-order valence-corrected chi connectivity index (χ1v) is 11.2. The zero-order valence-corrected chi connectivity index (χ0v) is 18.0. The Bertz CT molecular complexity index is 1380. The van der Waals surface area contributed by atoms with Gasteiger partial charge in [0.05, 0.1) is 18.8 Å². The topological polar surface area (TPSA) is 94.2 Å². The summed E-state index contributed by atoms with van der Waals surface area (Å²) in [5.41, 5.74) is 6.58. The molecule has 166 valence electrons. The number of ether oxygens (including phenoxy) is 1. The van der Waals surface area contributed by atoms with E-state index in [2.05, 4.69) is 39.2 Å². The zero-order valence-electron chi connectivity index (χ0n) is 18.0. The molecule has 6 rings (SSSR count). The molecule has 33 heavy (non-hydrogen) atoms. The number of nitrogens with zero attached hydrogens (tertiary/aromatic N) is 2. The van der Waals surface area contributed by atoms with Gasteiger partial charge < -0.3 is 24.7 Å². The van der Waals surface area contributed by atoms with Gasteiger partial charge in [-0.3, -0.25) is 4.79 Å². The fourth-order valence-corrected chi connectivity index (χ4v) is 4.79. The van der Waals surface area contributed by atoms with E-state index in [0.717, 1.165) is 28.6 Å². The van der Waals surface area contributed by atoms with Crippen molar-refractivity contribution in [2.24, 2.45) is 0 Å². The zero-order chi connectivity index (χ0) is 22.4. The minimum Gasteiger partial charge on any atom is -0.507 e. The number of H-pyrrole nitrogens is 2. The smallest absolute Gasteiger partial charge is 0.257 e. The number of carbonyl (C=O) groups is 1. The van der Waals surface area contributed by atoms with Gasteiger partial charge in [0.25, 0.3) is 5.91 Å². The molecule has 2 aliphatic rings. The summed E-state index contributed by atoms with van der Waals surface area (Å²) in [5, 5.41) is 11.5. The van der Waals surface area contributed by atoms with E-state index in [1.807, 2.05) is 18.5 Å². The molecule has 0 radical (unpaired) electrons. The second-order valence-corrected chi connectivity index (χ2v) is 8.59. The van der Waals surface area contributed by atoms with Gasteiger partial charge in [0.2, 0.25) is 0 Å². The van der Waals surface area contributed by atoms with Crippen LogP contribution in [0.5, 0.6) is 5.75 Å². The molecule has 0 saturated carbocycles. The largest absolute Gasteiger partial charge is 0.507 e. The lowest BCUT2D eigenvalue weighted by Gasteiger charge is -2.27. The summed E-state index contributed by atoms with van der Waals surface area (Å²) >= 11 is 0. The van der Waals surface area contributed by atoms with Crippen LogP contribution in [0.25, 0.3) is 28.2 Å². The van der Waals surface area contributed by atoms with E-state index in [1.54, 1.807) is 23.2 Å². The van der Waals surface area contributed by atoms with E-state index in [0.29, 0.717) is 31.9 Å². The first-order chi connectivity index (χ1) is 16.2. The van der Waals surface area contributed by atoms with Gasteiger partial charge in [-0.25, -0.2) is 4.98 Å². The number of allylic oxidation sites excluding steroid dienone is 1. The summed E-state index contributed by atoms with van der Waals surface area (Å²) in [6.07, 6.45) is 11.1. The molecule has 3 N–H and O–H groups in total. The molecule has 3 aromatic heterocycles. The Hall–Kier alpha value is -3.84. The van der Waals surface area contributed by atoms with E-state index >= 15 is 0 Å². The van der Waals surface area contributed by atoms with Crippen LogP contribution < -0.4 is 0 Å². The number of carbonyl (C=O) groups excluding carboxylic acids is 1. The van der Waals surface area contributed by atoms with Gasteiger partial charge in [0.1, 0.15) is 11.4 Å². The molecular weight excluding hydrogens is 416 g/mol. The Kier molecular flexibility index (Phi) is 4.77. The number of phenols is 1. The number of pyridine rings is 1. The maximum Gasteiger partial charge on any atom is 0.257 e. The Morgan fingerprint density at radius 2 is 2.00 bits per heavy atom. The minimum atomic E-state index is -0.177. The third-order valence-corrected chi connectivity index (χ3v) is 6.63. The van der Waals surface area contributed by atoms with Crippen molar-refractivity contribution in [2.45, 2.75) is 12.3 Å². The minimum absolute atomic E-state index is 0.0127. The predicted octanol–water partition coefficient (Wildman–Crippen LogP) is 4.09. The van der Waals surface area contributed by atoms with Crippen molar-refractivity contribution < 1.29 is 14.6 Å². The number of rotatable bonds is 3. The average Bonchev–Trinajstić information content (AvgIpc) is 3.50. The number of morpholine rings is 1. The summed E-state index contributed by atoms with van der Waals surface area (Å²) < 4.78 is 5.34. The van der Waals surface area contributed by atoms with Crippen molar-refractivity contribution >= 4 is 23.0 Å². The van der Waals surface area contributed by atoms with Gasteiger partial charge in [-0.2, -0.15) is 0 Å². The molecule has 0 spiro atoms. The molecular formula is C26H24N4O3. The van der Waals surface area contributed by atoms with E-state index in [-0.39, 0.29) is 17.6 Å². The molecule has 1 aromatic carbocycles. The number of nitrogens with one attached hydrogen (secondary N) is 2. The first kappa shape index (κ1) is 19.8. The van der Waals surface area contributed by atoms with Gasteiger partial charge in [-0.05, 0) is 53.5 Å². The van der Waals surface area contributed by atoms with Crippen LogP contribution in [0.2, 0.25) is 0 Å². The summed E-state index contributed by atoms with van der Waals surface area (Å²) in [6, 6.07) is 9.42. The monoisotopic (exact) mass is 440 g/mol. The first-order valence-electron chi connectivity index (χ1n) is 11.2. The molecule has 7 nitrogen and oxygen atoms in total.